The van der Waals surface area contributed by atoms with E-state index in [9.17, 15) is 40.0 Å². The fraction of sp³-hybridized carbons (Fsp3) is 0.625. The minimum absolute atomic E-state index is 0.298. The summed E-state index contributed by atoms with van der Waals surface area (Å²) in [6.07, 6.45) is -8.71. The number of aromatic amines is 1. The second kappa shape index (κ2) is 9.32. The van der Waals surface area contributed by atoms with Crippen LogP contribution in [0.25, 0.3) is 11.0 Å². The van der Waals surface area contributed by atoms with Crippen LogP contribution in [0.15, 0.2) is 17.1 Å². The van der Waals surface area contributed by atoms with Crippen molar-refractivity contribution in [3.8, 4) is 0 Å². The van der Waals surface area contributed by atoms with Gasteiger partial charge in [-0.1, -0.05) is 4.31 Å². The number of hydrogen-bond acceptors (Lipinski definition) is 14. The van der Waals surface area contributed by atoms with Crippen LogP contribution >= 0.6 is 32.3 Å². The number of phosphoric ester groups is 2. The van der Waals surface area contributed by atoms with Crippen LogP contribution in [-0.2, 0) is 22.8 Å². The topological polar surface area (TPSA) is 252 Å². The third-order valence-electron chi connectivity index (χ3n) is 5.86. The first-order valence-corrected chi connectivity index (χ1v) is 13.8. The summed E-state index contributed by atoms with van der Waals surface area (Å²) in [5.41, 5.74) is 0.990. The highest BCUT2D eigenvalue weighted by Crippen LogP contribution is 2.60. The van der Waals surface area contributed by atoms with E-state index < -0.39 is 78.5 Å². The minimum atomic E-state index is -5.54. The van der Waals surface area contributed by atoms with E-state index in [1.165, 1.54) is 17.1 Å². The molecule has 0 amide bonds. The second-order valence-electron chi connectivity index (χ2n) is 8.13. The Morgan fingerprint density at radius 1 is 0.943 bits per heavy atom. The summed E-state index contributed by atoms with van der Waals surface area (Å²) in [4.78, 5) is 55.4. The number of aromatic nitrogens is 3. The molecule has 0 spiro atoms. The number of aliphatic hydroxyl groups is 4. The van der Waals surface area contributed by atoms with Gasteiger partial charge in [0.25, 0.3) is 22.7 Å². The van der Waals surface area contributed by atoms with Crippen LogP contribution in [0.5, 0.6) is 0 Å². The van der Waals surface area contributed by atoms with E-state index in [1.807, 2.05) is 0 Å². The van der Waals surface area contributed by atoms with Crippen molar-refractivity contribution in [3.05, 3.63) is 22.7 Å². The lowest BCUT2D eigenvalue weighted by Crippen LogP contribution is -2.46. The Morgan fingerprint density at radius 2 is 1.54 bits per heavy atom. The van der Waals surface area contributed by atoms with Crippen molar-refractivity contribution in [1.82, 2.24) is 9.97 Å². The highest BCUT2D eigenvalue weighted by atomic mass is 79.9. The maximum atomic E-state index is 12.0. The summed E-state index contributed by atoms with van der Waals surface area (Å²) in [6.45, 7) is -1.77. The average Bonchev–Trinajstić information content (AvgIpc) is 3.35. The molecule has 6 rings (SSSR count). The normalized spacial score (nSPS) is 39.2. The Labute approximate surface area is 205 Å². The summed E-state index contributed by atoms with van der Waals surface area (Å²) in [5, 5.41) is 41.7. The van der Waals surface area contributed by atoms with Gasteiger partial charge in [-0.3, -0.25) is 0 Å². The van der Waals surface area contributed by atoms with Crippen LogP contribution < -0.4 is 24.1 Å². The van der Waals surface area contributed by atoms with Crippen molar-refractivity contribution in [2.45, 2.75) is 49.0 Å². The van der Waals surface area contributed by atoms with Crippen LogP contribution in [0, 0.1) is 0 Å². The fourth-order valence-corrected chi connectivity index (χ4v) is 6.81. The summed E-state index contributed by atoms with van der Waals surface area (Å²) < 4.78 is 25.9. The molecule has 0 aromatic carbocycles. The number of hydrogen-bond donors (Lipinski definition) is 5. The van der Waals surface area contributed by atoms with Crippen molar-refractivity contribution in [2.75, 3.05) is 13.2 Å². The summed E-state index contributed by atoms with van der Waals surface area (Å²) in [5.74, 6) is 0. The zero-order valence-electron chi connectivity index (χ0n) is 17.3. The fourth-order valence-electron chi connectivity index (χ4n) is 4.17. The third kappa shape index (κ3) is 4.86. The number of phosphoric acid groups is 2. The van der Waals surface area contributed by atoms with Gasteiger partial charge in [0.1, 0.15) is 67.7 Å². The van der Waals surface area contributed by atoms with Gasteiger partial charge in [-0.2, -0.15) is 0 Å². The van der Waals surface area contributed by atoms with E-state index in [0.29, 0.717) is 21.2 Å². The summed E-state index contributed by atoms with van der Waals surface area (Å²) >= 11 is 3.31. The van der Waals surface area contributed by atoms with Crippen molar-refractivity contribution >= 4 is 43.3 Å². The molecule has 4 aliphatic heterocycles. The molecule has 16 nitrogen and oxygen atoms in total. The van der Waals surface area contributed by atoms with Crippen molar-refractivity contribution < 1.29 is 67.4 Å². The maximum Gasteiger partial charge on any atom is 0.289 e. The largest absolute Gasteiger partial charge is 0.631 e. The van der Waals surface area contributed by atoms with E-state index in [4.69, 9.17) is 9.47 Å². The van der Waals surface area contributed by atoms with Gasteiger partial charge in [0.05, 0.1) is 10.2 Å². The van der Waals surface area contributed by atoms with Gasteiger partial charge >= 0.3 is 0 Å². The molecule has 2 fully saturated rings. The molecule has 0 unspecified atom stereocenters. The first-order valence-electron chi connectivity index (χ1n) is 10.1. The van der Waals surface area contributed by atoms with Gasteiger partial charge < -0.3 is 54.5 Å². The lowest BCUT2D eigenvalue weighted by atomic mass is 10.0. The number of H-pyrrole nitrogens is 1. The number of nitrogens with one attached hydrogen (secondary N) is 1. The first-order chi connectivity index (χ1) is 16.4. The first kappa shape index (κ1) is 26.1. The molecule has 0 saturated carbocycles. The minimum Gasteiger partial charge on any atom is -0.631 e. The van der Waals surface area contributed by atoms with Gasteiger partial charge in [-0.15, -0.1) is 0 Å². The Morgan fingerprint density at radius 3 is 2.20 bits per heavy atom. The smallest absolute Gasteiger partial charge is 0.289 e. The number of aliphatic hydroxyl groups excluding tert-OH is 4. The lowest BCUT2D eigenvalue weighted by molar-refractivity contribution is -0.767. The van der Waals surface area contributed by atoms with Crippen LogP contribution in [0.2, 0.25) is 0 Å². The van der Waals surface area contributed by atoms with Gasteiger partial charge in [-0.25, -0.2) is 13.6 Å². The monoisotopic (exact) mass is 602 g/mol. The average molecular weight is 603 g/mol. The summed E-state index contributed by atoms with van der Waals surface area (Å²) in [6, 6.07) is 0. The van der Waals surface area contributed by atoms with E-state index in [0.717, 1.165) is 0 Å². The molecular formula is C16H19BrN3O13P2-. The molecule has 2 saturated heterocycles. The Hall–Kier alpha value is -0.560. The van der Waals surface area contributed by atoms with Crippen molar-refractivity contribution in [2.24, 2.45) is 0 Å². The number of rotatable bonds is 0. The van der Waals surface area contributed by atoms with E-state index in [-0.39, 0.29) is 0 Å². The van der Waals surface area contributed by atoms with Crippen LogP contribution in [-0.4, -0.2) is 80.2 Å². The molecule has 5 N–H and O–H groups in total. The van der Waals surface area contributed by atoms with Gasteiger partial charge in [0.15, 0.2) is 0 Å². The number of nitrogens with zero attached hydrogens (tertiary/aromatic N) is 2. The van der Waals surface area contributed by atoms with E-state index >= 15 is 0 Å². The SMILES string of the molecule is [O-][P+]1([O-])OC[C@H]2O[C@H]([C@H](O)[C@@H]2O)[n+]2cnc3c(c(Br)[nH]c3c2)[C@@H]2O[C@H](CO[P+]([O-])([O-])O1)[C@@H](O)[C@H]2O. The number of halogens is 1. The highest BCUT2D eigenvalue weighted by Gasteiger charge is 2.50. The molecule has 8 bridgehead atoms. The Balaban J connectivity index is 1.55. The van der Waals surface area contributed by atoms with Gasteiger partial charge in [0.2, 0.25) is 11.7 Å². The zero-order valence-corrected chi connectivity index (χ0v) is 20.7. The molecule has 2 aromatic rings. The van der Waals surface area contributed by atoms with Crippen LogP contribution in [0.4, 0.5) is 0 Å². The molecule has 19 heteroatoms. The molecule has 4 aliphatic rings. The molecule has 8 atom stereocenters. The van der Waals surface area contributed by atoms with Crippen LogP contribution in [0.1, 0.15) is 17.9 Å². The van der Waals surface area contributed by atoms with E-state index in [1.54, 1.807) is 0 Å². The molecule has 35 heavy (non-hydrogen) atoms. The van der Waals surface area contributed by atoms with Crippen molar-refractivity contribution in [3.63, 3.8) is 0 Å². The predicted molar refractivity (Wildman–Crippen MR) is 106 cm³/mol. The van der Waals surface area contributed by atoms with Gasteiger partial charge in [0, 0.05) is 0 Å². The molecule has 6 heterocycles. The standard InChI is InChI=1S/C16H20BrN3O13P2/c17-15-8-9-5(19-15)1-20(4-18-9)16-13(24)11(22)7(32-16)3-30-35(27,28)33-34(25,26)29-2-6-10(21)12(23)14(8)31-6/h1,4,6-7,10-14,16,21-24H,2-3H2,(H2,25,26,27,28)/p-1/t6-,7-,10-,11-,12-,13-,14+,16-/m1/s1. The third-order valence-corrected chi connectivity index (χ3v) is 9.02. The quantitative estimate of drug-likeness (QED) is 0.140. The number of fused-ring (bicyclic) bond motifs is 7. The molecule has 2 aromatic heterocycles. The Kier molecular flexibility index (Phi) is 6.94. The summed E-state index contributed by atoms with van der Waals surface area (Å²) in [7, 11) is -11.1. The number of ether oxygens (including phenoxy) is 2. The maximum absolute atomic E-state index is 12.0. The molecular weight excluding hydrogens is 584 g/mol. The lowest BCUT2D eigenvalue weighted by Gasteiger charge is -2.38. The zero-order chi connectivity index (χ0) is 25.3. The Bertz CT molecular complexity index is 1110. The van der Waals surface area contributed by atoms with Gasteiger partial charge in [-0.05, 0) is 20.9 Å². The predicted octanol–water partition coefficient (Wildman–Crippen LogP) is -4.75. The molecule has 0 radical (unpaired) electrons. The molecule has 0 aliphatic carbocycles. The van der Waals surface area contributed by atoms with Crippen LogP contribution in [0.3, 0.4) is 0 Å². The second-order valence-corrected chi connectivity index (χ2v) is 11.9. The van der Waals surface area contributed by atoms with E-state index in [2.05, 4.69) is 39.3 Å². The molecule has 194 valence electrons. The highest BCUT2D eigenvalue weighted by molar-refractivity contribution is 9.10. The van der Waals surface area contributed by atoms with Crippen molar-refractivity contribution in [1.29, 1.82) is 0 Å².